The third-order valence-electron chi connectivity index (χ3n) is 10.3. The van der Waals surface area contributed by atoms with Gasteiger partial charge in [-0.05, 0) is 84.6 Å². The molecule has 0 bridgehead atoms. The summed E-state index contributed by atoms with van der Waals surface area (Å²) in [6.07, 6.45) is 8.23. The lowest BCUT2D eigenvalue weighted by atomic mass is 9.78. The van der Waals surface area contributed by atoms with Crippen LogP contribution in [0.3, 0.4) is 0 Å². The molecule has 2 heterocycles. The van der Waals surface area contributed by atoms with E-state index in [1.54, 1.807) is 0 Å². The van der Waals surface area contributed by atoms with Crippen molar-refractivity contribution in [2.45, 2.75) is 97.4 Å². The zero-order chi connectivity index (χ0) is 45.9. The van der Waals surface area contributed by atoms with E-state index in [0.717, 1.165) is 29.2 Å². The fraction of sp³-hybridized carbons (Fsp3) is 0.472. The molecule has 2 saturated heterocycles. The van der Waals surface area contributed by atoms with Gasteiger partial charge in [0.15, 0.2) is 5.79 Å². The number of ether oxygens (including phenoxy) is 8. The minimum absolute atomic E-state index is 0. The summed E-state index contributed by atoms with van der Waals surface area (Å²) in [6.45, 7) is 15.0. The van der Waals surface area contributed by atoms with E-state index in [9.17, 15) is 10.2 Å². The molecule has 2 aliphatic heterocycles. The largest absolute Gasteiger partial charge is 0.491 e. The van der Waals surface area contributed by atoms with Gasteiger partial charge in [-0.15, -0.1) is 12.8 Å². The maximum atomic E-state index is 9.82. The van der Waals surface area contributed by atoms with Gasteiger partial charge < -0.3 is 58.3 Å². The fourth-order valence-corrected chi connectivity index (χ4v) is 6.33. The van der Waals surface area contributed by atoms with Crippen LogP contribution in [0.4, 0.5) is 0 Å². The lowest BCUT2D eigenvalue weighted by Gasteiger charge is -2.26. The molecule has 12 nitrogen and oxygen atoms in total. The van der Waals surface area contributed by atoms with Gasteiger partial charge in [0.2, 0.25) is 0 Å². The van der Waals surface area contributed by atoms with E-state index in [-0.39, 0.29) is 77.5 Å². The minimum atomic E-state index is -0.890. The molecule has 12 heteroatoms. The van der Waals surface area contributed by atoms with Crippen LogP contribution in [0.15, 0.2) is 97.1 Å². The Bertz CT molecular complexity index is 1990. The highest BCUT2D eigenvalue weighted by Crippen LogP contribution is 2.35. The molecule has 65 heavy (non-hydrogen) atoms. The zero-order valence-electron chi connectivity index (χ0n) is 37.3. The normalized spacial score (nSPS) is 16.7. The van der Waals surface area contributed by atoms with Crippen LogP contribution in [-0.4, -0.2) is 117 Å². The lowest BCUT2D eigenvalue weighted by Crippen LogP contribution is -2.25. The number of hydrogen-bond acceptors (Lipinski definition) is 12. The highest BCUT2D eigenvalue weighted by Gasteiger charge is 2.33. The number of epoxide rings is 1. The van der Waals surface area contributed by atoms with Crippen LogP contribution in [-0.2, 0) is 29.8 Å². The zero-order valence-corrected chi connectivity index (χ0v) is 37.3. The molecule has 356 valence electrons. The summed E-state index contributed by atoms with van der Waals surface area (Å²) in [4.78, 5) is 0. The van der Waals surface area contributed by atoms with Crippen LogP contribution in [0.25, 0.3) is 0 Å². The van der Waals surface area contributed by atoms with Crippen molar-refractivity contribution < 1.29 is 58.3 Å². The summed E-state index contributed by atoms with van der Waals surface area (Å²) in [5, 5.41) is 35.7. The Labute approximate surface area is 387 Å². The number of hydrogen-bond donors (Lipinski definition) is 4. The van der Waals surface area contributed by atoms with Crippen molar-refractivity contribution >= 4 is 0 Å². The van der Waals surface area contributed by atoms with Crippen molar-refractivity contribution in [3.63, 3.8) is 0 Å². The van der Waals surface area contributed by atoms with Crippen molar-refractivity contribution in [1.29, 1.82) is 0 Å². The molecule has 0 aromatic heterocycles. The van der Waals surface area contributed by atoms with Gasteiger partial charge in [0.25, 0.3) is 0 Å². The summed E-state index contributed by atoms with van der Waals surface area (Å²) < 4.78 is 44.3. The molecule has 4 N–H and O–H groups in total. The van der Waals surface area contributed by atoms with Crippen LogP contribution < -0.4 is 18.9 Å². The quantitative estimate of drug-likeness (QED) is 0.0398. The van der Waals surface area contributed by atoms with Crippen LogP contribution >= 0.6 is 0 Å². The van der Waals surface area contributed by atoms with Crippen LogP contribution in [0.2, 0.25) is 0 Å². The van der Waals surface area contributed by atoms with E-state index in [4.69, 9.17) is 54.5 Å². The summed E-state index contributed by atoms with van der Waals surface area (Å²) >= 11 is 0. The number of benzene rings is 4. The number of aliphatic hydroxyl groups excluding tert-OH is 4. The molecular weight excluding hydrogens is 829 g/mol. The number of rotatable bonds is 20. The second-order valence-electron chi connectivity index (χ2n) is 16.6. The maximum absolute atomic E-state index is 9.82. The SMILES string of the molecule is C.C.C#CCO.C#CCOCC(O)COc1ccc(C(C)(C)c2ccc(OCC(O)CO)cc2)cc1.CC1(C)OCC(COc2ccc(C(C)(C)c3ccc(OCC4CO4)cc3)cc2)O1. The van der Waals surface area contributed by atoms with Gasteiger partial charge in [0.1, 0.15) is 87.1 Å². The summed E-state index contributed by atoms with van der Waals surface area (Å²) in [5.41, 5.74) is 4.31. The third kappa shape index (κ3) is 18.7. The van der Waals surface area contributed by atoms with E-state index in [1.165, 1.54) is 11.1 Å². The van der Waals surface area contributed by atoms with Crippen LogP contribution in [0.1, 0.15) is 78.6 Å². The summed E-state index contributed by atoms with van der Waals surface area (Å²) in [7, 11) is 0. The third-order valence-corrected chi connectivity index (χ3v) is 10.3. The predicted molar refractivity (Wildman–Crippen MR) is 255 cm³/mol. The van der Waals surface area contributed by atoms with Crippen molar-refractivity contribution in [2.75, 3.05) is 66.1 Å². The second-order valence-corrected chi connectivity index (χ2v) is 16.6. The predicted octanol–water partition coefficient (Wildman–Crippen LogP) is 7.34. The number of aliphatic hydroxyl groups is 4. The van der Waals surface area contributed by atoms with Gasteiger partial charge in [0.05, 0.1) is 26.4 Å². The molecule has 2 aliphatic rings. The van der Waals surface area contributed by atoms with Crippen LogP contribution in [0.5, 0.6) is 23.0 Å². The molecule has 0 amide bonds. The Morgan fingerprint density at radius 3 is 1.29 bits per heavy atom. The molecule has 4 aromatic rings. The molecular formula is C53H72O12. The molecule has 0 aliphatic carbocycles. The molecule has 2 fully saturated rings. The van der Waals surface area contributed by atoms with Gasteiger partial charge in [-0.1, -0.05) is 103 Å². The fourth-order valence-electron chi connectivity index (χ4n) is 6.33. The molecule has 0 spiro atoms. The first kappa shape index (κ1) is 56.0. The molecule has 4 aromatic carbocycles. The molecule has 0 radical (unpaired) electrons. The Hall–Kier alpha value is -5.12. The van der Waals surface area contributed by atoms with E-state index < -0.39 is 18.0 Å². The van der Waals surface area contributed by atoms with E-state index in [0.29, 0.717) is 31.3 Å². The van der Waals surface area contributed by atoms with Crippen molar-refractivity contribution in [1.82, 2.24) is 0 Å². The average molecular weight is 901 g/mol. The smallest absolute Gasteiger partial charge is 0.163 e. The van der Waals surface area contributed by atoms with Crippen molar-refractivity contribution in [3.8, 4) is 47.7 Å². The van der Waals surface area contributed by atoms with Gasteiger partial charge in [-0.3, -0.25) is 0 Å². The number of terminal acetylenes is 2. The molecule has 0 saturated carbocycles. The second kappa shape index (κ2) is 27.4. The van der Waals surface area contributed by atoms with Gasteiger partial charge in [0, 0.05) is 10.8 Å². The Morgan fingerprint density at radius 2 is 0.969 bits per heavy atom. The molecule has 6 rings (SSSR count). The highest BCUT2D eigenvalue weighted by atomic mass is 16.7. The van der Waals surface area contributed by atoms with Gasteiger partial charge in [-0.2, -0.15) is 0 Å². The van der Waals surface area contributed by atoms with Crippen molar-refractivity contribution in [3.05, 3.63) is 119 Å². The topological polar surface area (TPSA) is 158 Å². The Balaban J connectivity index is 0.000000401. The summed E-state index contributed by atoms with van der Waals surface area (Å²) in [6, 6.07) is 32.0. The van der Waals surface area contributed by atoms with Gasteiger partial charge >= 0.3 is 0 Å². The van der Waals surface area contributed by atoms with Crippen molar-refractivity contribution in [2.24, 2.45) is 0 Å². The highest BCUT2D eigenvalue weighted by molar-refractivity contribution is 5.43. The van der Waals surface area contributed by atoms with E-state index >= 15 is 0 Å². The Kier molecular flexibility index (Phi) is 23.6. The first-order valence-corrected chi connectivity index (χ1v) is 21.0. The minimum Gasteiger partial charge on any atom is -0.491 e. The average Bonchev–Trinajstić information content (AvgIpc) is 4.06. The first-order chi connectivity index (χ1) is 30.1. The monoisotopic (exact) mass is 901 g/mol. The maximum Gasteiger partial charge on any atom is 0.163 e. The van der Waals surface area contributed by atoms with E-state index in [2.05, 4.69) is 64.3 Å². The summed E-state index contributed by atoms with van der Waals surface area (Å²) in [5.74, 6) is 6.83. The molecule has 4 unspecified atom stereocenters. The first-order valence-electron chi connectivity index (χ1n) is 21.0. The lowest BCUT2D eigenvalue weighted by molar-refractivity contribution is -0.141. The standard InChI is InChI=1S/C24H30O6.C24H30O5.C3H4O.2CH4/c1-4-13-28-15-21(27)17-30-23-11-7-19(8-12-23)24(2,3)18-5-9-22(10-6-18)29-16-20(26)14-25;1-23(2,17-5-9-19(10-6-17)25-13-21-14-27-21)18-7-11-20(12-8-18)26-15-22-16-28-24(3,4)29-22;1-2-3-4;;/h1,5-12,20-21,25-27H,13-17H2,2-3H3;5-12,21-22H,13-16H2,1-4H3;1,4H,3H2;2*1H4. The van der Waals surface area contributed by atoms with Gasteiger partial charge in [-0.25, -0.2) is 0 Å². The Morgan fingerprint density at radius 1 is 0.600 bits per heavy atom. The molecule has 4 atom stereocenters. The van der Waals surface area contributed by atoms with Crippen LogP contribution in [0, 0.1) is 24.7 Å². The van der Waals surface area contributed by atoms with E-state index in [1.807, 2.05) is 92.6 Å².